The molecule has 4 nitrogen and oxygen atoms in total. The highest BCUT2D eigenvalue weighted by Crippen LogP contribution is 2.16. The maximum Gasteiger partial charge on any atom is 0.273 e. The van der Waals surface area contributed by atoms with Crippen LogP contribution in [0.3, 0.4) is 0 Å². The van der Waals surface area contributed by atoms with Crippen LogP contribution in [0.4, 0.5) is 0 Å². The zero-order valence-electron chi connectivity index (χ0n) is 10.8. The van der Waals surface area contributed by atoms with E-state index in [2.05, 4.69) is 4.98 Å². The van der Waals surface area contributed by atoms with Gasteiger partial charge in [-0.1, -0.05) is 6.07 Å². The van der Waals surface area contributed by atoms with Gasteiger partial charge in [-0.3, -0.25) is 4.79 Å². The first-order valence-electron chi connectivity index (χ1n) is 6.20. The summed E-state index contributed by atoms with van der Waals surface area (Å²) < 4.78 is 0. The number of carbonyl (C=O) groups excluding carboxylic acids is 1. The van der Waals surface area contributed by atoms with Gasteiger partial charge in [0.25, 0.3) is 5.91 Å². The van der Waals surface area contributed by atoms with Crippen molar-refractivity contribution >= 4 is 28.6 Å². The summed E-state index contributed by atoms with van der Waals surface area (Å²) in [6.45, 7) is 3.88. The fourth-order valence-electron chi connectivity index (χ4n) is 1.73. The van der Waals surface area contributed by atoms with Gasteiger partial charge in [0.2, 0.25) is 0 Å². The van der Waals surface area contributed by atoms with Gasteiger partial charge in [-0.05, 0) is 24.9 Å². The molecule has 2 aromatic heterocycles. The van der Waals surface area contributed by atoms with E-state index < -0.39 is 0 Å². The van der Waals surface area contributed by atoms with Gasteiger partial charge in [-0.2, -0.15) is 0 Å². The van der Waals surface area contributed by atoms with Crippen LogP contribution in [0, 0.1) is 0 Å². The molecule has 0 radical (unpaired) electrons. The molecule has 1 amide bonds. The lowest BCUT2D eigenvalue weighted by Gasteiger charge is -2.18. The van der Waals surface area contributed by atoms with Crippen molar-refractivity contribution in [3.05, 3.63) is 38.5 Å². The summed E-state index contributed by atoms with van der Waals surface area (Å²) in [5.41, 5.74) is 6.03. The van der Waals surface area contributed by atoms with Crippen molar-refractivity contribution in [2.75, 3.05) is 13.1 Å². The van der Waals surface area contributed by atoms with Crippen molar-refractivity contribution < 1.29 is 4.79 Å². The van der Waals surface area contributed by atoms with Gasteiger partial charge in [0, 0.05) is 23.2 Å². The number of carbonyl (C=O) groups is 1. The van der Waals surface area contributed by atoms with Gasteiger partial charge in [0.05, 0.1) is 11.6 Å². The molecular weight excluding hydrogens is 278 g/mol. The SMILES string of the molecule is CCN(Cc1cccs1)C(=O)c1csc(CCN)n1. The molecule has 2 aromatic rings. The normalized spacial score (nSPS) is 10.6. The van der Waals surface area contributed by atoms with Crippen LogP contribution in [-0.2, 0) is 13.0 Å². The number of hydrogen-bond acceptors (Lipinski definition) is 5. The van der Waals surface area contributed by atoms with E-state index in [0.29, 0.717) is 25.3 Å². The fourth-order valence-corrected chi connectivity index (χ4v) is 3.23. The van der Waals surface area contributed by atoms with Crippen LogP contribution >= 0.6 is 22.7 Å². The summed E-state index contributed by atoms with van der Waals surface area (Å²) in [6, 6.07) is 4.04. The lowest BCUT2D eigenvalue weighted by atomic mass is 10.3. The molecule has 0 saturated heterocycles. The first-order chi connectivity index (χ1) is 9.24. The lowest BCUT2D eigenvalue weighted by Crippen LogP contribution is -2.30. The summed E-state index contributed by atoms with van der Waals surface area (Å²) in [5.74, 6) is -0.00424. The van der Waals surface area contributed by atoms with Crippen molar-refractivity contribution in [3.8, 4) is 0 Å². The van der Waals surface area contributed by atoms with Gasteiger partial charge in [-0.15, -0.1) is 22.7 Å². The number of rotatable bonds is 6. The second kappa shape index (κ2) is 6.79. The van der Waals surface area contributed by atoms with Gasteiger partial charge in [0.1, 0.15) is 5.69 Å². The molecule has 0 saturated carbocycles. The van der Waals surface area contributed by atoms with Crippen LogP contribution in [0.5, 0.6) is 0 Å². The highest BCUT2D eigenvalue weighted by atomic mass is 32.1. The molecule has 2 heterocycles. The Morgan fingerprint density at radius 3 is 2.95 bits per heavy atom. The molecule has 6 heteroatoms. The van der Waals surface area contributed by atoms with Gasteiger partial charge >= 0.3 is 0 Å². The topological polar surface area (TPSA) is 59.2 Å². The zero-order valence-corrected chi connectivity index (χ0v) is 12.5. The molecule has 0 aliphatic heterocycles. The minimum atomic E-state index is -0.00424. The standard InChI is InChI=1S/C13H17N3OS2/c1-2-16(8-10-4-3-7-18-10)13(17)11-9-19-12(15-11)5-6-14/h3-4,7,9H,2,5-6,8,14H2,1H3. The van der Waals surface area contributed by atoms with E-state index in [0.717, 1.165) is 11.4 Å². The molecule has 0 fully saturated rings. The van der Waals surface area contributed by atoms with Crippen molar-refractivity contribution in [2.24, 2.45) is 5.73 Å². The van der Waals surface area contributed by atoms with E-state index >= 15 is 0 Å². The van der Waals surface area contributed by atoms with E-state index in [-0.39, 0.29) is 5.91 Å². The smallest absolute Gasteiger partial charge is 0.273 e. The summed E-state index contributed by atoms with van der Waals surface area (Å²) in [6.07, 6.45) is 0.731. The molecule has 0 unspecified atom stereocenters. The summed E-state index contributed by atoms with van der Waals surface area (Å²) >= 11 is 3.17. The van der Waals surface area contributed by atoms with Crippen LogP contribution in [0.25, 0.3) is 0 Å². The van der Waals surface area contributed by atoms with E-state index in [1.54, 1.807) is 11.3 Å². The number of amides is 1. The third-order valence-corrected chi connectivity index (χ3v) is 4.49. The number of thiazole rings is 1. The Kier molecular flexibility index (Phi) is 5.07. The van der Waals surface area contributed by atoms with Crippen molar-refractivity contribution in [2.45, 2.75) is 19.9 Å². The molecule has 0 bridgehead atoms. The maximum absolute atomic E-state index is 12.4. The number of hydrogen-bond donors (Lipinski definition) is 1. The highest BCUT2D eigenvalue weighted by molar-refractivity contribution is 7.10. The molecule has 0 atom stereocenters. The number of thiophene rings is 1. The van der Waals surface area contributed by atoms with Crippen LogP contribution in [0.15, 0.2) is 22.9 Å². The third kappa shape index (κ3) is 3.62. The minimum Gasteiger partial charge on any atom is -0.332 e. The average Bonchev–Trinajstić information content (AvgIpc) is 3.06. The number of aromatic nitrogens is 1. The fraction of sp³-hybridized carbons (Fsp3) is 0.385. The second-order valence-corrected chi connectivity index (χ2v) is 6.04. The zero-order chi connectivity index (χ0) is 13.7. The second-order valence-electron chi connectivity index (χ2n) is 4.06. The van der Waals surface area contributed by atoms with Crippen LogP contribution < -0.4 is 5.73 Å². The Labute approximate surface area is 120 Å². The number of nitrogens with zero attached hydrogens (tertiary/aromatic N) is 2. The van der Waals surface area contributed by atoms with Crippen LogP contribution in [0.1, 0.15) is 27.3 Å². The summed E-state index contributed by atoms with van der Waals surface area (Å²) in [5, 5.41) is 4.78. The quantitative estimate of drug-likeness (QED) is 0.890. The van der Waals surface area contributed by atoms with Crippen LogP contribution in [-0.4, -0.2) is 28.9 Å². The monoisotopic (exact) mass is 295 g/mol. The van der Waals surface area contributed by atoms with Gasteiger partial charge in [0.15, 0.2) is 0 Å². The van der Waals surface area contributed by atoms with Crippen molar-refractivity contribution in [1.29, 1.82) is 0 Å². The molecule has 2 rings (SSSR count). The molecular formula is C13H17N3OS2. The van der Waals surface area contributed by atoms with E-state index in [1.807, 2.05) is 34.7 Å². The Morgan fingerprint density at radius 1 is 1.47 bits per heavy atom. The Morgan fingerprint density at radius 2 is 2.32 bits per heavy atom. The first-order valence-corrected chi connectivity index (χ1v) is 7.96. The Bertz CT molecular complexity index is 522. The summed E-state index contributed by atoms with van der Waals surface area (Å²) in [4.78, 5) is 19.7. The molecule has 19 heavy (non-hydrogen) atoms. The predicted octanol–water partition coefficient (Wildman–Crippen LogP) is 2.37. The Hall–Kier alpha value is -1.24. The van der Waals surface area contributed by atoms with Crippen molar-refractivity contribution in [1.82, 2.24) is 9.88 Å². The van der Waals surface area contributed by atoms with E-state index in [1.165, 1.54) is 16.2 Å². The Balaban J connectivity index is 2.06. The van der Waals surface area contributed by atoms with Crippen molar-refractivity contribution in [3.63, 3.8) is 0 Å². The third-order valence-electron chi connectivity index (χ3n) is 2.72. The molecule has 2 N–H and O–H groups in total. The molecule has 0 aliphatic carbocycles. The first kappa shape index (κ1) is 14.2. The largest absolute Gasteiger partial charge is 0.332 e. The van der Waals surface area contributed by atoms with Crippen LogP contribution in [0.2, 0.25) is 0 Å². The van der Waals surface area contributed by atoms with Gasteiger partial charge in [-0.25, -0.2) is 4.98 Å². The van der Waals surface area contributed by atoms with E-state index in [4.69, 9.17) is 5.73 Å². The average molecular weight is 295 g/mol. The molecule has 0 spiro atoms. The minimum absolute atomic E-state index is 0.00424. The molecule has 0 aromatic carbocycles. The molecule has 0 aliphatic rings. The highest BCUT2D eigenvalue weighted by Gasteiger charge is 2.17. The van der Waals surface area contributed by atoms with Gasteiger partial charge < -0.3 is 10.6 Å². The molecule has 102 valence electrons. The lowest BCUT2D eigenvalue weighted by molar-refractivity contribution is 0.0749. The number of nitrogens with two attached hydrogens (primary N) is 1. The summed E-state index contributed by atoms with van der Waals surface area (Å²) in [7, 11) is 0. The maximum atomic E-state index is 12.4. The van der Waals surface area contributed by atoms with E-state index in [9.17, 15) is 4.79 Å². The predicted molar refractivity (Wildman–Crippen MR) is 79.6 cm³/mol.